The van der Waals surface area contributed by atoms with Gasteiger partial charge in [-0.15, -0.1) is 0 Å². The number of aliphatic hydroxyl groups is 1. The van der Waals surface area contributed by atoms with Crippen LogP contribution in [0.5, 0.6) is 0 Å². The summed E-state index contributed by atoms with van der Waals surface area (Å²) in [7, 11) is 0. The zero-order valence-corrected chi connectivity index (χ0v) is 20.0. The summed E-state index contributed by atoms with van der Waals surface area (Å²) in [5.74, 6) is -2.76. The molecule has 1 atom stereocenters. The number of imidazole rings is 1. The average molecular weight is 520 g/mol. The molecule has 1 amide bonds. The fourth-order valence-corrected chi connectivity index (χ4v) is 4.90. The number of aliphatic hydroxyl groups excluding tert-OH is 1. The van der Waals surface area contributed by atoms with E-state index < -0.39 is 23.1 Å². The van der Waals surface area contributed by atoms with Gasteiger partial charge in [0.2, 0.25) is 17.8 Å². The smallest absolute Gasteiger partial charge is 0.224 e. The average Bonchev–Trinajstić information content (AvgIpc) is 3.52. The Kier molecular flexibility index (Phi) is 7.42. The Morgan fingerprint density at radius 2 is 1.86 bits per heavy atom. The normalized spacial score (nSPS) is 21.8. The second-order valence-electron chi connectivity index (χ2n) is 9.30. The van der Waals surface area contributed by atoms with E-state index in [9.17, 15) is 18.0 Å². The monoisotopic (exact) mass is 519 g/mol. The van der Waals surface area contributed by atoms with Crippen molar-refractivity contribution in [2.45, 2.75) is 44.2 Å². The molecule has 1 aromatic carbocycles. The van der Waals surface area contributed by atoms with Gasteiger partial charge in [-0.05, 0) is 32.1 Å². The molecule has 4 N–H and O–H groups in total. The number of benzene rings is 1. The SMILES string of the molecule is O=C(NCCO)C1CCC(Nc2ncc3nc(Nc4c(F)cc(F)cc4F)n([C@H]4CCOC4)c3n2)CC1. The lowest BCUT2D eigenvalue weighted by Crippen LogP contribution is -2.37. The van der Waals surface area contributed by atoms with Crippen molar-refractivity contribution < 1.29 is 27.8 Å². The number of fused-ring (bicyclic) bond motifs is 1. The number of nitrogens with zero attached hydrogens (tertiary/aromatic N) is 4. The zero-order chi connectivity index (χ0) is 25.9. The number of hydrogen-bond donors (Lipinski definition) is 4. The van der Waals surface area contributed by atoms with Crippen LogP contribution >= 0.6 is 0 Å². The second kappa shape index (κ2) is 10.9. The number of rotatable bonds is 8. The standard InChI is InChI=1S/C24H28F3N7O3/c25-14-9-17(26)20(18(27)10-14)32-24-31-19-11-29-23(33-21(19)34(24)16-5-8-37-12-16)30-15-3-1-13(2-4-15)22(36)28-6-7-35/h9-11,13,15-16,35H,1-8,12H2,(H,28,36)(H,31,32)(H,29,30,33)/t13?,15?,16-/m0/s1. The fraction of sp³-hybridized carbons (Fsp3) is 0.500. The molecule has 0 spiro atoms. The highest BCUT2D eigenvalue weighted by molar-refractivity contribution is 5.79. The van der Waals surface area contributed by atoms with Crippen molar-refractivity contribution in [1.29, 1.82) is 0 Å². The van der Waals surface area contributed by atoms with E-state index >= 15 is 0 Å². The third kappa shape index (κ3) is 5.47. The first-order chi connectivity index (χ1) is 17.9. The third-order valence-corrected chi connectivity index (χ3v) is 6.79. The molecule has 2 fully saturated rings. The molecule has 2 aliphatic rings. The minimum Gasteiger partial charge on any atom is -0.395 e. The predicted octanol–water partition coefficient (Wildman–Crippen LogP) is 3.03. The summed E-state index contributed by atoms with van der Waals surface area (Å²) in [6.07, 6.45) is 5.11. The molecule has 37 heavy (non-hydrogen) atoms. The van der Waals surface area contributed by atoms with Gasteiger partial charge in [0.05, 0.1) is 25.5 Å². The zero-order valence-electron chi connectivity index (χ0n) is 20.0. The summed E-state index contributed by atoms with van der Waals surface area (Å²) in [4.78, 5) is 25.6. The summed E-state index contributed by atoms with van der Waals surface area (Å²) in [5, 5.41) is 17.6. The van der Waals surface area contributed by atoms with Crippen molar-refractivity contribution >= 4 is 34.7 Å². The molecular weight excluding hydrogens is 491 g/mol. The molecule has 3 heterocycles. The molecule has 3 aromatic rings. The quantitative estimate of drug-likeness (QED) is 0.358. The number of anilines is 3. The predicted molar refractivity (Wildman–Crippen MR) is 129 cm³/mol. The Morgan fingerprint density at radius 1 is 1.11 bits per heavy atom. The Bertz CT molecular complexity index is 1250. The molecule has 2 aromatic heterocycles. The van der Waals surface area contributed by atoms with Gasteiger partial charge in [-0.3, -0.25) is 9.36 Å². The summed E-state index contributed by atoms with van der Waals surface area (Å²) in [6, 6.07) is 1.11. The number of carbonyl (C=O) groups excluding carboxylic acids is 1. The highest BCUT2D eigenvalue weighted by atomic mass is 19.1. The van der Waals surface area contributed by atoms with Gasteiger partial charge in [0.15, 0.2) is 17.3 Å². The largest absolute Gasteiger partial charge is 0.395 e. The maximum atomic E-state index is 14.3. The topological polar surface area (TPSA) is 126 Å². The van der Waals surface area contributed by atoms with Gasteiger partial charge < -0.3 is 25.8 Å². The van der Waals surface area contributed by atoms with Crippen molar-refractivity contribution in [2.24, 2.45) is 5.92 Å². The van der Waals surface area contributed by atoms with Gasteiger partial charge in [0.1, 0.15) is 17.0 Å². The van der Waals surface area contributed by atoms with Crippen LogP contribution in [0.2, 0.25) is 0 Å². The number of aromatic nitrogens is 4. The van der Waals surface area contributed by atoms with Gasteiger partial charge in [0.25, 0.3) is 0 Å². The summed E-state index contributed by atoms with van der Waals surface area (Å²) in [6.45, 7) is 1.07. The first kappa shape index (κ1) is 25.2. The van der Waals surface area contributed by atoms with E-state index in [2.05, 4.69) is 30.9 Å². The lowest BCUT2D eigenvalue weighted by molar-refractivity contribution is -0.126. The first-order valence-electron chi connectivity index (χ1n) is 12.3. The van der Waals surface area contributed by atoms with Crippen LogP contribution in [0.4, 0.5) is 30.8 Å². The van der Waals surface area contributed by atoms with Crippen molar-refractivity contribution in [2.75, 3.05) is 37.0 Å². The molecular formula is C24H28F3N7O3. The minimum atomic E-state index is -1.08. The van der Waals surface area contributed by atoms with Gasteiger partial charge in [-0.1, -0.05) is 0 Å². The number of nitrogens with one attached hydrogen (secondary N) is 3. The van der Waals surface area contributed by atoms with Crippen LogP contribution in [0.15, 0.2) is 18.3 Å². The highest BCUT2D eigenvalue weighted by Gasteiger charge is 2.28. The molecule has 1 aliphatic heterocycles. The number of carbonyl (C=O) groups is 1. The van der Waals surface area contributed by atoms with Gasteiger partial charge in [0, 0.05) is 37.2 Å². The van der Waals surface area contributed by atoms with E-state index in [4.69, 9.17) is 9.84 Å². The van der Waals surface area contributed by atoms with Crippen molar-refractivity contribution in [3.05, 3.63) is 35.8 Å². The van der Waals surface area contributed by atoms with Gasteiger partial charge >= 0.3 is 0 Å². The molecule has 198 valence electrons. The molecule has 1 aliphatic carbocycles. The van der Waals surface area contributed by atoms with Gasteiger partial charge in [-0.25, -0.2) is 23.1 Å². The van der Waals surface area contributed by atoms with E-state index in [1.165, 1.54) is 6.20 Å². The maximum Gasteiger partial charge on any atom is 0.224 e. The van der Waals surface area contributed by atoms with Crippen LogP contribution in [0.1, 0.15) is 38.1 Å². The third-order valence-electron chi connectivity index (χ3n) is 6.79. The molecule has 1 saturated heterocycles. The van der Waals surface area contributed by atoms with Crippen molar-refractivity contribution in [1.82, 2.24) is 24.8 Å². The molecule has 0 unspecified atom stereocenters. The number of hydrogen-bond acceptors (Lipinski definition) is 8. The van der Waals surface area contributed by atoms with Crippen LogP contribution in [0.3, 0.4) is 0 Å². The van der Waals surface area contributed by atoms with E-state index in [1.807, 2.05) is 0 Å². The van der Waals surface area contributed by atoms with Crippen LogP contribution in [-0.4, -0.2) is 62.9 Å². The second-order valence-corrected chi connectivity index (χ2v) is 9.30. The number of ether oxygens (including phenoxy) is 1. The molecule has 13 heteroatoms. The van der Waals surface area contributed by atoms with E-state index in [1.54, 1.807) is 4.57 Å². The Hall–Kier alpha value is -3.45. The molecule has 10 nitrogen and oxygen atoms in total. The van der Waals surface area contributed by atoms with Crippen LogP contribution in [-0.2, 0) is 9.53 Å². The lowest BCUT2D eigenvalue weighted by Gasteiger charge is -2.28. The minimum absolute atomic E-state index is 0.0399. The maximum absolute atomic E-state index is 14.3. The van der Waals surface area contributed by atoms with E-state index in [0.29, 0.717) is 61.7 Å². The summed E-state index contributed by atoms with van der Waals surface area (Å²) >= 11 is 0. The van der Waals surface area contributed by atoms with Crippen LogP contribution < -0.4 is 16.0 Å². The first-order valence-corrected chi connectivity index (χ1v) is 12.3. The molecule has 0 bridgehead atoms. The Balaban J connectivity index is 1.37. The Labute approximate surface area is 210 Å². The van der Waals surface area contributed by atoms with Crippen LogP contribution in [0, 0.1) is 23.4 Å². The molecule has 5 rings (SSSR count). The lowest BCUT2D eigenvalue weighted by atomic mass is 9.85. The van der Waals surface area contributed by atoms with E-state index in [0.717, 1.165) is 12.8 Å². The van der Waals surface area contributed by atoms with E-state index in [-0.39, 0.29) is 43.0 Å². The number of halogens is 3. The molecule has 0 radical (unpaired) electrons. The summed E-state index contributed by atoms with van der Waals surface area (Å²) < 4.78 is 49.3. The molecule has 1 saturated carbocycles. The highest BCUT2D eigenvalue weighted by Crippen LogP contribution is 2.32. The number of amides is 1. The van der Waals surface area contributed by atoms with Crippen molar-refractivity contribution in [3.63, 3.8) is 0 Å². The Morgan fingerprint density at radius 3 is 2.54 bits per heavy atom. The fourth-order valence-electron chi connectivity index (χ4n) is 4.90. The van der Waals surface area contributed by atoms with Crippen LogP contribution in [0.25, 0.3) is 11.2 Å². The summed E-state index contributed by atoms with van der Waals surface area (Å²) in [5.41, 5.74) is 0.380. The van der Waals surface area contributed by atoms with Crippen molar-refractivity contribution in [3.8, 4) is 0 Å². The van der Waals surface area contributed by atoms with Gasteiger partial charge in [-0.2, -0.15) is 4.98 Å².